The molecule has 0 saturated carbocycles. The lowest BCUT2D eigenvalue weighted by Gasteiger charge is -2.21. The third-order valence-electron chi connectivity index (χ3n) is 1.49. The lowest BCUT2D eigenvalue weighted by Crippen LogP contribution is -2.31. The molecule has 1 heterocycles. The van der Waals surface area contributed by atoms with Gasteiger partial charge in [-0.15, -0.1) is 0 Å². The van der Waals surface area contributed by atoms with Crippen molar-refractivity contribution in [2.24, 2.45) is 0 Å². The average Bonchev–Trinajstić information content (AvgIpc) is 2.29. The molecule has 0 radical (unpaired) electrons. The summed E-state index contributed by atoms with van der Waals surface area (Å²) >= 11 is 0.861. The maximum atomic E-state index is 12.1. The lowest BCUT2D eigenvalue weighted by atomic mass is 10.4. The Kier molecular flexibility index (Phi) is 2.36. The number of hydrogen-bond acceptors (Lipinski definition) is 3. The van der Waals surface area contributed by atoms with Gasteiger partial charge in [-0.25, -0.2) is 0 Å². The molecule has 12 heavy (non-hydrogen) atoms. The van der Waals surface area contributed by atoms with Crippen molar-refractivity contribution in [1.82, 2.24) is 4.90 Å². The summed E-state index contributed by atoms with van der Waals surface area (Å²) in [6.07, 6.45) is -3.88. The molecular weight excluding hydrogens is 191 g/mol. The number of alkyl halides is 3. The number of nitrogens with zero attached hydrogens (tertiary/aromatic N) is 1. The molecule has 0 saturated heterocycles. The zero-order valence-electron chi connectivity index (χ0n) is 6.13. The van der Waals surface area contributed by atoms with E-state index >= 15 is 0 Å². The molecular formula is C6H6F3NOS. The number of carbonyl (C=O) groups excluding carboxylic acids is 1. The van der Waals surface area contributed by atoms with Crippen LogP contribution in [0.15, 0.2) is 11.1 Å². The Morgan fingerprint density at radius 3 is 2.50 bits per heavy atom. The summed E-state index contributed by atoms with van der Waals surface area (Å²) in [5, 5.41) is 0.223. The third-order valence-corrected chi connectivity index (χ3v) is 2.55. The van der Waals surface area contributed by atoms with Crippen molar-refractivity contribution in [3.8, 4) is 0 Å². The minimum absolute atomic E-state index is 0.486. The van der Waals surface area contributed by atoms with E-state index in [-0.39, 0.29) is 0 Å². The molecule has 0 spiro atoms. The molecule has 0 amide bonds. The molecule has 1 aliphatic rings. The highest BCUT2D eigenvalue weighted by Crippen LogP contribution is 2.37. The lowest BCUT2D eigenvalue weighted by molar-refractivity contribution is -0.116. The van der Waals surface area contributed by atoms with Crippen LogP contribution in [0, 0.1) is 0 Å². The standard InChI is InChI=1S/C6H6F3NOS/c1-10-4(6(7,8)9)3-12-5(10)2-11/h2-3,5H,1H3. The van der Waals surface area contributed by atoms with Gasteiger partial charge in [0, 0.05) is 12.5 Å². The van der Waals surface area contributed by atoms with Crippen LogP contribution in [0.5, 0.6) is 0 Å². The van der Waals surface area contributed by atoms with Crippen LogP contribution in [0.25, 0.3) is 0 Å². The minimum Gasteiger partial charge on any atom is -0.352 e. The van der Waals surface area contributed by atoms with E-state index in [1.807, 2.05) is 0 Å². The number of allylic oxidation sites excluding steroid dienone is 1. The molecule has 0 bridgehead atoms. The fourth-order valence-electron chi connectivity index (χ4n) is 0.836. The van der Waals surface area contributed by atoms with Crippen molar-refractivity contribution in [3.05, 3.63) is 11.1 Å². The molecule has 0 N–H and O–H groups in total. The molecule has 1 unspecified atom stereocenters. The van der Waals surface area contributed by atoms with Crippen LogP contribution in [0.1, 0.15) is 0 Å². The van der Waals surface area contributed by atoms with E-state index in [4.69, 9.17) is 0 Å². The van der Waals surface area contributed by atoms with Gasteiger partial charge in [-0.05, 0) is 0 Å². The Hall–Kier alpha value is -0.650. The molecule has 0 fully saturated rings. The molecule has 68 valence electrons. The van der Waals surface area contributed by atoms with Crippen LogP contribution in [0.2, 0.25) is 0 Å². The van der Waals surface area contributed by atoms with Crippen LogP contribution in [0.3, 0.4) is 0 Å². The van der Waals surface area contributed by atoms with Crippen molar-refractivity contribution in [2.45, 2.75) is 11.6 Å². The van der Waals surface area contributed by atoms with Crippen molar-refractivity contribution >= 4 is 18.0 Å². The fraction of sp³-hybridized carbons (Fsp3) is 0.500. The first-order chi connectivity index (χ1) is 5.46. The zero-order valence-corrected chi connectivity index (χ0v) is 6.95. The average molecular weight is 197 g/mol. The first-order valence-corrected chi connectivity index (χ1v) is 4.02. The summed E-state index contributed by atoms with van der Waals surface area (Å²) in [5.41, 5.74) is -0.760. The van der Waals surface area contributed by atoms with Gasteiger partial charge in [0.05, 0.1) is 0 Å². The van der Waals surface area contributed by atoms with E-state index in [2.05, 4.69) is 0 Å². The van der Waals surface area contributed by atoms with Crippen molar-refractivity contribution in [3.63, 3.8) is 0 Å². The molecule has 1 aliphatic heterocycles. The number of hydrogen-bond donors (Lipinski definition) is 0. The smallest absolute Gasteiger partial charge is 0.352 e. The number of likely N-dealkylation sites (N-methyl/N-ethyl adjacent to an activating group) is 1. The predicted octanol–water partition coefficient (Wildman–Crippen LogP) is 1.59. The topological polar surface area (TPSA) is 20.3 Å². The molecule has 1 atom stereocenters. The Balaban J connectivity index is 2.78. The van der Waals surface area contributed by atoms with Crippen molar-refractivity contribution in [2.75, 3.05) is 7.05 Å². The molecule has 0 aromatic carbocycles. The monoisotopic (exact) mass is 197 g/mol. The second kappa shape index (κ2) is 3.01. The first-order valence-electron chi connectivity index (χ1n) is 3.08. The van der Waals surface area contributed by atoms with Crippen LogP contribution in [-0.4, -0.2) is 29.8 Å². The van der Waals surface area contributed by atoms with Gasteiger partial charge in [-0.1, -0.05) is 11.8 Å². The quantitative estimate of drug-likeness (QED) is 0.595. The number of rotatable bonds is 1. The summed E-state index contributed by atoms with van der Waals surface area (Å²) in [5.74, 6) is 0. The van der Waals surface area contributed by atoms with E-state index in [9.17, 15) is 18.0 Å². The highest BCUT2D eigenvalue weighted by atomic mass is 32.2. The molecule has 0 aromatic rings. The summed E-state index contributed by atoms with van der Waals surface area (Å²) in [4.78, 5) is 11.1. The van der Waals surface area contributed by atoms with Gasteiger partial charge in [0.15, 0.2) is 6.29 Å². The fourth-order valence-corrected chi connectivity index (χ4v) is 1.76. The van der Waals surface area contributed by atoms with Gasteiger partial charge < -0.3 is 9.69 Å². The van der Waals surface area contributed by atoms with Crippen LogP contribution >= 0.6 is 11.8 Å². The number of carbonyl (C=O) groups is 1. The zero-order chi connectivity index (χ0) is 9.35. The van der Waals surface area contributed by atoms with Gasteiger partial charge in [-0.3, -0.25) is 0 Å². The summed E-state index contributed by atoms with van der Waals surface area (Å²) in [6, 6.07) is 0. The van der Waals surface area contributed by atoms with Crippen molar-refractivity contribution in [1.29, 1.82) is 0 Å². The maximum Gasteiger partial charge on any atom is 0.431 e. The SMILES string of the molecule is CN1C(C(F)(F)F)=CSC1C=O. The van der Waals surface area contributed by atoms with E-state index < -0.39 is 17.2 Å². The van der Waals surface area contributed by atoms with Gasteiger partial charge in [-0.2, -0.15) is 13.2 Å². The van der Waals surface area contributed by atoms with Gasteiger partial charge >= 0.3 is 6.18 Å². The normalized spacial score (nSPS) is 24.2. The molecule has 6 heteroatoms. The van der Waals surface area contributed by atoms with Crippen LogP contribution in [0.4, 0.5) is 13.2 Å². The summed E-state index contributed by atoms with van der Waals surface area (Å²) < 4.78 is 36.2. The first kappa shape index (κ1) is 9.44. The second-order valence-corrected chi connectivity index (χ2v) is 3.27. The highest BCUT2D eigenvalue weighted by molar-refractivity contribution is 8.03. The van der Waals surface area contributed by atoms with Gasteiger partial charge in [0.25, 0.3) is 0 Å². The number of thioether (sulfide) groups is 1. The third kappa shape index (κ3) is 1.57. The van der Waals surface area contributed by atoms with Gasteiger partial charge in [0.1, 0.15) is 11.1 Å². The Morgan fingerprint density at radius 1 is 1.67 bits per heavy atom. The molecule has 2 nitrogen and oxygen atoms in total. The van der Waals surface area contributed by atoms with E-state index in [1.54, 1.807) is 0 Å². The predicted molar refractivity (Wildman–Crippen MR) is 39.3 cm³/mol. The Morgan fingerprint density at radius 2 is 2.25 bits per heavy atom. The van der Waals surface area contributed by atoms with Crippen molar-refractivity contribution < 1.29 is 18.0 Å². The summed E-state index contributed by atoms with van der Waals surface area (Å²) in [7, 11) is 1.25. The minimum atomic E-state index is -4.36. The number of halogens is 3. The van der Waals surface area contributed by atoms with Crippen LogP contribution < -0.4 is 0 Å². The van der Waals surface area contributed by atoms with E-state index in [1.165, 1.54) is 7.05 Å². The summed E-state index contributed by atoms with van der Waals surface area (Å²) in [6.45, 7) is 0. The highest BCUT2D eigenvalue weighted by Gasteiger charge is 2.41. The maximum absolute atomic E-state index is 12.1. The largest absolute Gasteiger partial charge is 0.431 e. The van der Waals surface area contributed by atoms with Crippen LogP contribution in [-0.2, 0) is 4.79 Å². The Labute approximate surface area is 71.4 Å². The van der Waals surface area contributed by atoms with E-state index in [0.29, 0.717) is 6.29 Å². The molecule has 1 rings (SSSR count). The second-order valence-electron chi connectivity index (χ2n) is 2.27. The molecule has 0 aliphatic carbocycles. The number of aldehydes is 1. The molecule has 0 aromatic heterocycles. The van der Waals surface area contributed by atoms with E-state index in [0.717, 1.165) is 22.1 Å². The Bertz CT molecular complexity index is 225. The van der Waals surface area contributed by atoms with Gasteiger partial charge in [0.2, 0.25) is 0 Å².